The lowest BCUT2D eigenvalue weighted by Crippen LogP contribution is -2.14. The lowest BCUT2D eigenvalue weighted by Gasteiger charge is -2.20. The van der Waals surface area contributed by atoms with Crippen molar-refractivity contribution in [2.24, 2.45) is 0 Å². The number of methoxy groups -OCH3 is 1. The topological polar surface area (TPSA) is 37.4 Å². The van der Waals surface area contributed by atoms with E-state index in [-0.39, 0.29) is 0 Å². The van der Waals surface area contributed by atoms with Gasteiger partial charge in [-0.15, -0.1) is 0 Å². The first-order valence-electron chi connectivity index (χ1n) is 6.66. The molecule has 4 nitrogen and oxygen atoms in total. The average Bonchev–Trinajstić information content (AvgIpc) is 2.53. The number of nitrogens with zero attached hydrogens (tertiary/aromatic N) is 2. The molecule has 2 aromatic rings. The predicted molar refractivity (Wildman–Crippen MR) is 82.8 cm³/mol. The van der Waals surface area contributed by atoms with Gasteiger partial charge in [0.2, 0.25) is 0 Å². The Bertz CT molecular complexity index is 554. The molecule has 0 aliphatic rings. The van der Waals surface area contributed by atoms with E-state index in [1.807, 2.05) is 55.5 Å². The maximum Gasteiger partial charge on any atom is 0.132 e. The Morgan fingerprint density at radius 1 is 1.25 bits per heavy atom. The van der Waals surface area contributed by atoms with Crippen molar-refractivity contribution in [3.8, 4) is 5.75 Å². The summed E-state index contributed by atoms with van der Waals surface area (Å²) in [5, 5.41) is 3.21. The number of hydrogen-bond donors (Lipinski definition) is 1. The summed E-state index contributed by atoms with van der Waals surface area (Å²) in [5.74, 6) is 1.75. The predicted octanol–water partition coefficient (Wildman–Crippen LogP) is 3.14. The molecule has 0 spiro atoms. The van der Waals surface area contributed by atoms with Crippen molar-refractivity contribution in [2.75, 3.05) is 26.1 Å². The number of rotatable bonds is 5. The highest BCUT2D eigenvalue weighted by atomic mass is 16.5. The first-order chi connectivity index (χ1) is 9.65. The van der Waals surface area contributed by atoms with Crippen LogP contribution in [0.4, 0.5) is 11.5 Å². The largest absolute Gasteiger partial charge is 0.497 e. The number of anilines is 2. The van der Waals surface area contributed by atoms with E-state index in [0.29, 0.717) is 6.04 Å². The summed E-state index contributed by atoms with van der Waals surface area (Å²) >= 11 is 0. The first-order valence-corrected chi connectivity index (χ1v) is 6.66. The maximum absolute atomic E-state index is 5.25. The van der Waals surface area contributed by atoms with Gasteiger partial charge in [-0.25, -0.2) is 4.98 Å². The van der Waals surface area contributed by atoms with Gasteiger partial charge in [-0.05, 0) is 37.7 Å². The summed E-state index contributed by atoms with van der Waals surface area (Å²) in [5.41, 5.74) is 2.22. The van der Waals surface area contributed by atoms with Gasteiger partial charge >= 0.3 is 0 Å². The zero-order valence-corrected chi connectivity index (χ0v) is 12.4. The molecule has 0 saturated heterocycles. The van der Waals surface area contributed by atoms with Crippen molar-refractivity contribution in [2.45, 2.75) is 13.0 Å². The highest BCUT2D eigenvalue weighted by Crippen LogP contribution is 2.25. The molecule has 1 aromatic heterocycles. The molecule has 106 valence electrons. The fraction of sp³-hybridized carbons (Fsp3) is 0.312. The average molecular weight is 271 g/mol. The van der Waals surface area contributed by atoms with E-state index in [0.717, 1.165) is 17.3 Å². The quantitative estimate of drug-likeness (QED) is 0.906. The molecule has 0 amide bonds. The summed E-state index contributed by atoms with van der Waals surface area (Å²) in [6.45, 7) is 2.11. The lowest BCUT2D eigenvalue weighted by molar-refractivity contribution is 0.415. The van der Waals surface area contributed by atoms with Gasteiger partial charge in [0.15, 0.2) is 0 Å². The number of pyridine rings is 1. The molecule has 1 aromatic carbocycles. The minimum atomic E-state index is 0.304. The van der Waals surface area contributed by atoms with Gasteiger partial charge in [-0.3, -0.25) is 0 Å². The number of ether oxygens (including phenoxy) is 1. The van der Waals surface area contributed by atoms with Crippen molar-refractivity contribution in [1.82, 2.24) is 10.3 Å². The highest BCUT2D eigenvalue weighted by Gasteiger charge is 2.08. The van der Waals surface area contributed by atoms with Crippen LogP contribution in [0.15, 0.2) is 42.6 Å². The van der Waals surface area contributed by atoms with Crippen LogP contribution in [-0.4, -0.2) is 26.2 Å². The monoisotopic (exact) mass is 271 g/mol. The van der Waals surface area contributed by atoms with E-state index in [1.165, 1.54) is 5.56 Å². The molecule has 0 fully saturated rings. The third-order valence-electron chi connectivity index (χ3n) is 3.49. The van der Waals surface area contributed by atoms with Crippen molar-refractivity contribution in [3.63, 3.8) is 0 Å². The van der Waals surface area contributed by atoms with E-state index >= 15 is 0 Å². The molecule has 0 radical (unpaired) electrons. The summed E-state index contributed by atoms with van der Waals surface area (Å²) in [4.78, 5) is 6.56. The van der Waals surface area contributed by atoms with Crippen molar-refractivity contribution < 1.29 is 4.74 Å². The van der Waals surface area contributed by atoms with Gasteiger partial charge in [0, 0.05) is 31.0 Å². The van der Waals surface area contributed by atoms with Crippen LogP contribution in [0.5, 0.6) is 5.75 Å². The number of aromatic nitrogens is 1. The Balaban J connectivity index is 2.22. The van der Waals surface area contributed by atoms with Crippen LogP contribution in [0.25, 0.3) is 0 Å². The zero-order chi connectivity index (χ0) is 14.5. The van der Waals surface area contributed by atoms with Crippen LogP contribution in [0.1, 0.15) is 18.5 Å². The molecule has 1 unspecified atom stereocenters. The Hall–Kier alpha value is -2.07. The van der Waals surface area contributed by atoms with Gasteiger partial charge in [0.25, 0.3) is 0 Å². The Kier molecular flexibility index (Phi) is 4.58. The third-order valence-corrected chi connectivity index (χ3v) is 3.49. The Morgan fingerprint density at radius 3 is 2.65 bits per heavy atom. The van der Waals surface area contributed by atoms with Crippen LogP contribution in [0.2, 0.25) is 0 Å². The molecule has 1 atom stereocenters. The van der Waals surface area contributed by atoms with E-state index in [1.54, 1.807) is 7.11 Å². The molecule has 4 heteroatoms. The van der Waals surface area contributed by atoms with E-state index in [4.69, 9.17) is 4.74 Å². The second-order valence-corrected chi connectivity index (χ2v) is 4.72. The SMILES string of the molecule is CNC(C)c1ccc(N(C)c2cccc(OC)c2)nc1. The van der Waals surface area contributed by atoms with E-state index < -0.39 is 0 Å². The van der Waals surface area contributed by atoms with Gasteiger partial charge in [0.1, 0.15) is 11.6 Å². The lowest BCUT2D eigenvalue weighted by atomic mass is 10.1. The fourth-order valence-electron chi connectivity index (χ4n) is 1.97. The number of benzene rings is 1. The molecule has 0 aliphatic carbocycles. The van der Waals surface area contributed by atoms with Crippen LogP contribution < -0.4 is 15.0 Å². The fourth-order valence-corrected chi connectivity index (χ4v) is 1.97. The van der Waals surface area contributed by atoms with Gasteiger partial charge in [0.05, 0.1) is 7.11 Å². The molecule has 2 rings (SSSR count). The Labute approximate surface area is 120 Å². The molecule has 1 N–H and O–H groups in total. The second kappa shape index (κ2) is 6.39. The van der Waals surface area contributed by atoms with E-state index in [9.17, 15) is 0 Å². The molecular weight excluding hydrogens is 250 g/mol. The minimum Gasteiger partial charge on any atom is -0.497 e. The number of hydrogen-bond acceptors (Lipinski definition) is 4. The van der Waals surface area contributed by atoms with Crippen molar-refractivity contribution in [1.29, 1.82) is 0 Å². The normalized spacial score (nSPS) is 12.0. The first kappa shape index (κ1) is 14.3. The smallest absolute Gasteiger partial charge is 0.132 e. The minimum absolute atomic E-state index is 0.304. The van der Waals surface area contributed by atoms with E-state index in [2.05, 4.69) is 23.3 Å². The van der Waals surface area contributed by atoms with Crippen LogP contribution in [-0.2, 0) is 0 Å². The van der Waals surface area contributed by atoms with Gasteiger partial charge < -0.3 is 15.0 Å². The van der Waals surface area contributed by atoms with Crippen LogP contribution in [0.3, 0.4) is 0 Å². The van der Waals surface area contributed by atoms with Crippen LogP contribution in [0, 0.1) is 0 Å². The molecule has 20 heavy (non-hydrogen) atoms. The maximum atomic E-state index is 5.25. The van der Waals surface area contributed by atoms with Crippen molar-refractivity contribution in [3.05, 3.63) is 48.2 Å². The molecule has 0 bridgehead atoms. The summed E-state index contributed by atoms with van der Waals surface area (Å²) in [7, 11) is 5.62. The summed E-state index contributed by atoms with van der Waals surface area (Å²) < 4.78 is 5.25. The van der Waals surface area contributed by atoms with Crippen molar-refractivity contribution >= 4 is 11.5 Å². The zero-order valence-electron chi connectivity index (χ0n) is 12.4. The number of nitrogens with one attached hydrogen (secondary N) is 1. The molecule has 0 aliphatic heterocycles. The molecule has 1 heterocycles. The standard InChI is InChI=1S/C16H21N3O/c1-12(17-2)13-8-9-16(18-11-13)19(3)14-6-5-7-15(10-14)20-4/h5-12,17H,1-4H3. The summed E-state index contributed by atoms with van der Waals surface area (Å²) in [6.07, 6.45) is 1.91. The summed E-state index contributed by atoms with van der Waals surface area (Å²) in [6, 6.07) is 12.4. The molecule has 0 saturated carbocycles. The highest BCUT2D eigenvalue weighted by molar-refractivity contribution is 5.60. The van der Waals surface area contributed by atoms with Gasteiger partial charge in [-0.2, -0.15) is 0 Å². The van der Waals surface area contributed by atoms with Crippen LogP contribution >= 0.6 is 0 Å². The van der Waals surface area contributed by atoms with Gasteiger partial charge in [-0.1, -0.05) is 12.1 Å². The Morgan fingerprint density at radius 2 is 2.05 bits per heavy atom. The third kappa shape index (κ3) is 3.08. The molecular formula is C16H21N3O. The second-order valence-electron chi connectivity index (χ2n) is 4.72.